The van der Waals surface area contributed by atoms with E-state index < -0.39 is 18.0 Å². The van der Waals surface area contributed by atoms with Crippen LogP contribution in [0, 0.1) is 5.92 Å². The molecule has 17 heavy (non-hydrogen) atoms. The predicted molar refractivity (Wildman–Crippen MR) is 60.9 cm³/mol. The van der Waals surface area contributed by atoms with Crippen molar-refractivity contribution in [3.05, 3.63) is 12.2 Å². The summed E-state index contributed by atoms with van der Waals surface area (Å²) in [5.41, 5.74) is 0.215. The van der Waals surface area contributed by atoms with Crippen molar-refractivity contribution in [2.75, 3.05) is 6.54 Å². The SMILES string of the molecule is C=C(C)C(=O)OC1CC(=O)N(CC(C)C)C1=O. The number of carbonyl (C=O) groups is 3. The smallest absolute Gasteiger partial charge is 0.333 e. The fourth-order valence-corrected chi connectivity index (χ4v) is 1.53. The van der Waals surface area contributed by atoms with Gasteiger partial charge in [-0.2, -0.15) is 0 Å². The van der Waals surface area contributed by atoms with Crippen molar-refractivity contribution in [2.45, 2.75) is 33.3 Å². The Morgan fingerprint density at radius 1 is 1.53 bits per heavy atom. The van der Waals surface area contributed by atoms with Gasteiger partial charge in [-0.05, 0) is 12.8 Å². The van der Waals surface area contributed by atoms with E-state index in [4.69, 9.17) is 4.74 Å². The summed E-state index contributed by atoms with van der Waals surface area (Å²) in [5.74, 6) is -1.16. The molecule has 94 valence electrons. The average Bonchev–Trinajstić information content (AvgIpc) is 2.45. The quantitative estimate of drug-likeness (QED) is 0.415. The molecule has 0 spiro atoms. The maximum atomic E-state index is 11.8. The van der Waals surface area contributed by atoms with Crippen molar-refractivity contribution < 1.29 is 19.1 Å². The zero-order valence-electron chi connectivity index (χ0n) is 10.4. The third-order valence-corrected chi connectivity index (χ3v) is 2.35. The van der Waals surface area contributed by atoms with Gasteiger partial charge in [0.25, 0.3) is 5.91 Å². The lowest BCUT2D eigenvalue weighted by Crippen LogP contribution is -2.36. The van der Waals surface area contributed by atoms with Crippen LogP contribution in [0.1, 0.15) is 27.2 Å². The molecule has 1 rings (SSSR count). The summed E-state index contributed by atoms with van der Waals surface area (Å²) in [4.78, 5) is 35.8. The Labute approximate surface area is 100 Å². The Morgan fingerprint density at radius 2 is 2.12 bits per heavy atom. The summed E-state index contributed by atoms with van der Waals surface area (Å²) < 4.78 is 4.92. The molecule has 1 aliphatic heterocycles. The molecule has 0 aliphatic carbocycles. The molecular weight excluding hydrogens is 222 g/mol. The molecule has 1 fully saturated rings. The van der Waals surface area contributed by atoms with Crippen molar-refractivity contribution >= 4 is 17.8 Å². The third-order valence-electron chi connectivity index (χ3n) is 2.35. The summed E-state index contributed by atoms with van der Waals surface area (Å²) in [6, 6.07) is 0. The monoisotopic (exact) mass is 239 g/mol. The normalized spacial score (nSPS) is 20.0. The first-order valence-electron chi connectivity index (χ1n) is 5.53. The van der Waals surface area contributed by atoms with E-state index in [1.165, 1.54) is 6.92 Å². The van der Waals surface area contributed by atoms with Crippen LogP contribution in [0.3, 0.4) is 0 Å². The van der Waals surface area contributed by atoms with E-state index >= 15 is 0 Å². The van der Waals surface area contributed by atoms with Crippen LogP contribution in [0.2, 0.25) is 0 Å². The van der Waals surface area contributed by atoms with Gasteiger partial charge in [-0.1, -0.05) is 20.4 Å². The van der Waals surface area contributed by atoms with Crippen molar-refractivity contribution in [3.63, 3.8) is 0 Å². The number of esters is 1. The topological polar surface area (TPSA) is 63.7 Å². The fourth-order valence-electron chi connectivity index (χ4n) is 1.53. The molecule has 0 bridgehead atoms. The molecule has 2 amide bonds. The molecule has 1 heterocycles. The summed E-state index contributed by atoms with van der Waals surface area (Å²) in [5, 5.41) is 0. The van der Waals surface area contributed by atoms with Gasteiger partial charge in [-0.15, -0.1) is 0 Å². The van der Waals surface area contributed by atoms with E-state index in [-0.39, 0.29) is 23.8 Å². The van der Waals surface area contributed by atoms with Crippen molar-refractivity contribution in [2.24, 2.45) is 5.92 Å². The highest BCUT2D eigenvalue weighted by molar-refractivity contribution is 6.06. The van der Waals surface area contributed by atoms with Gasteiger partial charge in [0, 0.05) is 12.1 Å². The minimum absolute atomic E-state index is 0.0649. The number of carbonyl (C=O) groups excluding carboxylic acids is 3. The fraction of sp³-hybridized carbons (Fsp3) is 0.583. The standard InChI is InChI=1S/C12H17NO4/c1-7(2)6-13-10(14)5-9(11(13)15)17-12(16)8(3)4/h7,9H,3,5-6H2,1-2,4H3. The molecule has 0 aromatic heterocycles. The van der Waals surface area contributed by atoms with Gasteiger partial charge in [-0.3, -0.25) is 14.5 Å². The maximum Gasteiger partial charge on any atom is 0.333 e. The predicted octanol–water partition coefficient (Wildman–Crippen LogP) is 0.889. The number of ether oxygens (including phenoxy) is 1. The zero-order chi connectivity index (χ0) is 13.2. The minimum Gasteiger partial charge on any atom is -0.448 e. The van der Waals surface area contributed by atoms with Crippen LogP contribution >= 0.6 is 0 Å². The van der Waals surface area contributed by atoms with Gasteiger partial charge < -0.3 is 4.74 Å². The first-order chi connectivity index (χ1) is 7.82. The third kappa shape index (κ3) is 3.15. The number of likely N-dealkylation sites (tertiary alicyclic amines) is 1. The Balaban J connectivity index is 2.68. The second-order valence-electron chi connectivity index (χ2n) is 4.61. The van der Waals surface area contributed by atoms with Crippen molar-refractivity contribution in [1.82, 2.24) is 4.90 Å². The van der Waals surface area contributed by atoms with Crippen LogP contribution in [0.4, 0.5) is 0 Å². The average molecular weight is 239 g/mol. The number of hydrogen-bond donors (Lipinski definition) is 0. The maximum absolute atomic E-state index is 11.8. The highest BCUT2D eigenvalue weighted by atomic mass is 16.5. The van der Waals surface area contributed by atoms with Crippen molar-refractivity contribution in [3.8, 4) is 0 Å². The van der Waals surface area contributed by atoms with E-state index in [1.54, 1.807) is 0 Å². The van der Waals surface area contributed by atoms with Crippen LogP contribution in [0.15, 0.2) is 12.2 Å². The molecule has 1 atom stereocenters. The molecule has 5 heteroatoms. The van der Waals surface area contributed by atoms with E-state index in [2.05, 4.69) is 6.58 Å². The molecule has 1 aliphatic rings. The van der Waals surface area contributed by atoms with Gasteiger partial charge in [0.1, 0.15) is 0 Å². The first-order valence-corrected chi connectivity index (χ1v) is 5.53. The molecule has 0 N–H and O–H groups in total. The van der Waals surface area contributed by atoms with Crippen LogP contribution < -0.4 is 0 Å². The second kappa shape index (κ2) is 5.12. The largest absolute Gasteiger partial charge is 0.448 e. The van der Waals surface area contributed by atoms with E-state index in [9.17, 15) is 14.4 Å². The Morgan fingerprint density at radius 3 is 2.59 bits per heavy atom. The highest BCUT2D eigenvalue weighted by Crippen LogP contribution is 2.18. The minimum atomic E-state index is -0.981. The number of rotatable bonds is 4. The summed E-state index contributed by atoms with van der Waals surface area (Å²) in [7, 11) is 0. The molecule has 0 radical (unpaired) electrons. The Hall–Kier alpha value is -1.65. The van der Waals surface area contributed by atoms with E-state index in [0.717, 1.165) is 4.90 Å². The molecule has 1 unspecified atom stereocenters. The molecule has 0 saturated carbocycles. The van der Waals surface area contributed by atoms with Crippen LogP contribution in [-0.2, 0) is 19.1 Å². The Kier molecular flexibility index (Phi) is 4.04. The lowest BCUT2D eigenvalue weighted by molar-refractivity contribution is -0.153. The summed E-state index contributed by atoms with van der Waals surface area (Å²) in [6.45, 7) is 9.10. The first kappa shape index (κ1) is 13.4. The molecule has 1 saturated heterocycles. The van der Waals surface area contributed by atoms with Crippen molar-refractivity contribution in [1.29, 1.82) is 0 Å². The number of amides is 2. The van der Waals surface area contributed by atoms with E-state index in [1.807, 2.05) is 13.8 Å². The van der Waals surface area contributed by atoms with Gasteiger partial charge in [-0.25, -0.2) is 4.79 Å². The van der Waals surface area contributed by atoms with Gasteiger partial charge in [0.05, 0.1) is 6.42 Å². The lowest BCUT2D eigenvalue weighted by atomic mass is 10.2. The van der Waals surface area contributed by atoms with Crippen LogP contribution in [-0.4, -0.2) is 35.3 Å². The van der Waals surface area contributed by atoms with E-state index in [0.29, 0.717) is 6.54 Å². The number of hydrogen-bond acceptors (Lipinski definition) is 4. The summed E-state index contributed by atoms with van der Waals surface area (Å²) in [6.07, 6.45) is -1.05. The molecule has 0 aromatic carbocycles. The van der Waals surface area contributed by atoms with Gasteiger partial charge in [0.2, 0.25) is 5.91 Å². The zero-order valence-corrected chi connectivity index (χ0v) is 10.4. The molecular formula is C12H17NO4. The number of nitrogens with zero attached hydrogens (tertiary/aromatic N) is 1. The number of imide groups is 1. The molecule has 5 nitrogen and oxygen atoms in total. The Bertz CT molecular complexity index is 373. The molecule has 0 aromatic rings. The lowest BCUT2D eigenvalue weighted by Gasteiger charge is -2.16. The van der Waals surface area contributed by atoms with Crippen LogP contribution in [0.5, 0.6) is 0 Å². The highest BCUT2D eigenvalue weighted by Gasteiger charge is 2.41. The van der Waals surface area contributed by atoms with Gasteiger partial charge in [0.15, 0.2) is 6.10 Å². The second-order valence-corrected chi connectivity index (χ2v) is 4.61. The van der Waals surface area contributed by atoms with Crippen LogP contribution in [0.25, 0.3) is 0 Å². The summed E-state index contributed by atoms with van der Waals surface area (Å²) >= 11 is 0. The van der Waals surface area contributed by atoms with Gasteiger partial charge >= 0.3 is 5.97 Å².